The summed E-state index contributed by atoms with van der Waals surface area (Å²) in [5.74, 6) is -2.99. The van der Waals surface area contributed by atoms with Crippen LogP contribution in [0, 0.1) is 5.92 Å². The van der Waals surface area contributed by atoms with Gasteiger partial charge in [0.1, 0.15) is 11.5 Å². The van der Waals surface area contributed by atoms with Crippen LogP contribution >= 0.6 is 0 Å². The van der Waals surface area contributed by atoms with Gasteiger partial charge in [-0.1, -0.05) is 0 Å². The highest BCUT2D eigenvalue weighted by molar-refractivity contribution is 5.55. The molecular formula is C10H13F2N3. The van der Waals surface area contributed by atoms with E-state index in [1.54, 1.807) is 0 Å². The molecule has 2 atom stereocenters. The van der Waals surface area contributed by atoms with Crippen molar-refractivity contribution in [3.05, 3.63) is 11.3 Å². The van der Waals surface area contributed by atoms with Crippen LogP contribution in [0.2, 0.25) is 0 Å². The molecule has 0 saturated heterocycles. The summed E-state index contributed by atoms with van der Waals surface area (Å²) >= 11 is 0. The Balaban J connectivity index is 2.24. The van der Waals surface area contributed by atoms with E-state index in [0.717, 1.165) is 0 Å². The lowest BCUT2D eigenvalue weighted by atomic mass is 10.1. The summed E-state index contributed by atoms with van der Waals surface area (Å²) in [5.41, 5.74) is 6.38. The van der Waals surface area contributed by atoms with E-state index in [0.29, 0.717) is 17.8 Å². The summed E-state index contributed by atoms with van der Waals surface area (Å²) < 4.78 is 29.2. The van der Waals surface area contributed by atoms with Crippen LogP contribution in [0.3, 0.4) is 0 Å². The fraction of sp³-hybridized carbons (Fsp3) is 0.700. The summed E-state index contributed by atoms with van der Waals surface area (Å²) in [4.78, 5) is 0. The molecule has 2 N–H and O–H groups in total. The Bertz CT molecular complexity index is 436. The van der Waals surface area contributed by atoms with Crippen LogP contribution in [0.25, 0.3) is 0 Å². The molecule has 0 spiro atoms. The highest BCUT2D eigenvalue weighted by atomic mass is 19.3. The highest BCUT2D eigenvalue weighted by Crippen LogP contribution is 2.68. The van der Waals surface area contributed by atoms with Gasteiger partial charge in [-0.15, -0.1) is 0 Å². The number of nitrogen functional groups attached to an aromatic ring is 1. The Morgan fingerprint density at radius 1 is 1.53 bits per heavy atom. The zero-order chi connectivity index (χ0) is 11.0. The van der Waals surface area contributed by atoms with Crippen molar-refractivity contribution in [2.24, 2.45) is 5.92 Å². The van der Waals surface area contributed by atoms with E-state index in [1.165, 1.54) is 4.68 Å². The van der Waals surface area contributed by atoms with Gasteiger partial charge in [-0.25, -0.2) is 0 Å². The van der Waals surface area contributed by atoms with Crippen LogP contribution in [-0.2, 0) is 5.92 Å². The molecule has 1 fully saturated rings. The molecule has 2 aliphatic rings. The van der Waals surface area contributed by atoms with Crippen molar-refractivity contribution in [2.75, 3.05) is 5.73 Å². The van der Waals surface area contributed by atoms with E-state index in [9.17, 15) is 8.78 Å². The van der Waals surface area contributed by atoms with E-state index in [2.05, 4.69) is 5.10 Å². The lowest BCUT2D eigenvalue weighted by molar-refractivity contribution is -0.0318. The average Bonchev–Trinajstić information content (AvgIpc) is 2.78. The Morgan fingerprint density at radius 3 is 2.80 bits per heavy atom. The first-order valence-electron chi connectivity index (χ1n) is 5.20. The number of fused-ring (bicyclic) bond motifs is 3. The van der Waals surface area contributed by atoms with E-state index < -0.39 is 11.8 Å². The van der Waals surface area contributed by atoms with Crippen LogP contribution in [0.4, 0.5) is 14.6 Å². The number of anilines is 1. The van der Waals surface area contributed by atoms with Crippen molar-refractivity contribution in [3.63, 3.8) is 0 Å². The molecule has 1 aromatic heterocycles. The van der Waals surface area contributed by atoms with Crippen LogP contribution in [0.1, 0.15) is 43.5 Å². The molecule has 0 aliphatic heterocycles. The van der Waals surface area contributed by atoms with Gasteiger partial charge in [-0.2, -0.15) is 13.9 Å². The summed E-state index contributed by atoms with van der Waals surface area (Å²) in [7, 11) is 0. The minimum absolute atomic E-state index is 0.0394. The fourth-order valence-corrected chi connectivity index (χ4v) is 2.63. The number of hydrogen-bond donors (Lipinski definition) is 1. The maximum Gasteiger partial charge on any atom is 0.293 e. The maximum atomic E-state index is 13.9. The number of nitrogens with two attached hydrogens (primary N) is 1. The highest BCUT2D eigenvalue weighted by Gasteiger charge is 2.66. The predicted molar refractivity (Wildman–Crippen MR) is 51.8 cm³/mol. The largest absolute Gasteiger partial charge is 0.382 e. The van der Waals surface area contributed by atoms with Gasteiger partial charge in [0, 0.05) is 17.5 Å². The van der Waals surface area contributed by atoms with Crippen molar-refractivity contribution in [1.82, 2.24) is 9.78 Å². The zero-order valence-corrected chi connectivity index (χ0v) is 8.67. The molecule has 1 saturated carbocycles. The van der Waals surface area contributed by atoms with Gasteiger partial charge >= 0.3 is 0 Å². The van der Waals surface area contributed by atoms with Crippen molar-refractivity contribution >= 4 is 5.82 Å². The third-order valence-electron chi connectivity index (χ3n) is 3.41. The monoisotopic (exact) mass is 213 g/mol. The number of hydrogen-bond acceptors (Lipinski definition) is 2. The van der Waals surface area contributed by atoms with E-state index >= 15 is 0 Å². The van der Waals surface area contributed by atoms with Gasteiger partial charge in [0.25, 0.3) is 5.92 Å². The minimum atomic E-state index is -2.73. The average molecular weight is 213 g/mol. The van der Waals surface area contributed by atoms with Gasteiger partial charge in [0.15, 0.2) is 0 Å². The van der Waals surface area contributed by atoms with E-state index in [-0.39, 0.29) is 17.7 Å². The molecule has 5 heteroatoms. The molecule has 0 aromatic carbocycles. The number of aromatic nitrogens is 2. The van der Waals surface area contributed by atoms with Gasteiger partial charge in [0.05, 0.1) is 0 Å². The van der Waals surface area contributed by atoms with Crippen LogP contribution in [-0.4, -0.2) is 9.78 Å². The van der Waals surface area contributed by atoms with Crippen molar-refractivity contribution in [3.8, 4) is 0 Å². The van der Waals surface area contributed by atoms with Gasteiger partial charge in [-0.05, 0) is 26.2 Å². The topological polar surface area (TPSA) is 43.8 Å². The van der Waals surface area contributed by atoms with Crippen molar-refractivity contribution in [1.29, 1.82) is 0 Å². The van der Waals surface area contributed by atoms with Gasteiger partial charge < -0.3 is 5.73 Å². The summed E-state index contributed by atoms with van der Waals surface area (Å²) in [5, 5.41) is 4.02. The molecule has 82 valence electrons. The molecule has 1 unspecified atom stereocenters. The smallest absolute Gasteiger partial charge is 0.293 e. The van der Waals surface area contributed by atoms with Gasteiger partial charge in [-0.3, -0.25) is 4.68 Å². The molecule has 1 aromatic rings. The SMILES string of the molecule is CC(C)n1nc(N)c2c1C(F)(F)C1C[C@H]21. The fourth-order valence-electron chi connectivity index (χ4n) is 2.63. The first-order chi connectivity index (χ1) is 6.94. The lowest BCUT2D eigenvalue weighted by Gasteiger charge is -2.17. The second kappa shape index (κ2) is 2.33. The lowest BCUT2D eigenvalue weighted by Crippen LogP contribution is -2.21. The van der Waals surface area contributed by atoms with Crippen LogP contribution in [0.5, 0.6) is 0 Å². The Kier molecular flexibility index (Phi) is 1.42. The van der Waals surface area contributed by atoms with Crippen LogP contribution < -0.4 is 5.73 Å². The van der Waals surface area contributed by atoms with E-state index in [1.807, 2.05) is 13.8 Å². The second-order valence-electron chi connectivity index (χ2n) is 4.76. The predicted octanol–water partition coefficient (Wildman–Crippen LogP) is 2.26. The van der Waals surface area contributed by atoms with E-state index in [4.69, 9.17) is 5.73 Å². The Hall–Kier alpha value is -1.13. The first-order valence-corrected chi connectivity index (χ1v) is 5.20. The summed E-state index contributed by atoms with van der Waals surface area (Å²) in [6, 6.07) is -0.0700. The number of halogens is 2. The zero-order valence-electron chi connectivity index (χ0n) is 8.67. The number of rotatable bonds is 1. The van der Waals surface area contributed by atoms with Crippen LogP contribution in [0.15, 0.2) is 0 Å². The molecule has 3 rings (SSSR count). The summed E-state index contributed by atoms with van der Waals surface area (Å²) in [6.07, 6.45) is 0.563. The third-order valence-corrected chi connectivity index (χ3v) is 3.41. The van der Waals surface area contributed by atoms with Crippen molar-refractivity contribution < 1.29 is 8.78 Å². The number of nitrogens with zero attached hydrogens (tertiary/aromatic N) is 2. The van der Waals surface area contributed by atoms with Gasteiger partial charge in [0.2, 0.25) is 0 Å². The quantitative estimate of drug-likeness (QED) is 0.777. The number of alkyl halides is 2. The Labute approximate surface area is 86.3 Å². The minimum Gasteiger partial charge on any atom is -0.382 e. The molecule has 0 bridgehead atoms. The normalized spacial score (nSPS) is 30.5. The third kappa shape index (κ3) is 0.910. The molecule has 0 amide bonds. The van der Waals surface area contributed by atoms with Crippen molar-refractivity contribution in [2.45, 2.75) is 38.2 Å². The summed E-state index contributed by atoms with van der Waals surface area (Å²) in [6.45, 7) is 3.68. The molecule has 2 aliphatic carbocycles. The molecule has 15 heavy (non-hydrogen) atoms. The standard InChI is InChI=1S/C10H13F2N3/c1-4(2)15-8-7(9(13)14-15)5-3-6(5)10(8,11)12/h4-6H,3H2,1-2H3,(H2,13,14)/t5-,6?/m0/s1. The molecule has 1 heterocycles. The second-order valence-corrected chi connectivity index (χ2v) is 4.76. The molecule has 0 radical (unpaired) electrons. The molecule has 3 nitrogen and oxygen atoms in total. The maximum absolute atomic E-state index is 13.9. The molecular weight excluding hydrogens is 200 g/mol. The first kappa shape index (κ1) is 9.12. The Morgan fingerprint density at radius 2 is 2.20 bits per heavy atom.